The maximum absolute atomic E-state index is 13.6. The number of nitrogens with zero attached hydrogens (tertiary/aromatic N) is 2. The first-order valence-corrected chi connectivity index (χ1v) is 7.68. The van der Waals surface area contributed by atoms with Crippen LogP contribution in [-0.2, 0) is 19.4 Å². The summed E-state index contributed by atoms with van der Waals surface area (Å²) in [5.41, 5.74) is 2.58. The Labute approximate surface area is 136 Å². The van der Waals surface area contributed by atoms with Gasteiger partial charge in [0.1, 0.15) is 0 Å². The van der Waals surface area contributed by atoms with Crippen molar-refractivity contribution in [3.63, 3.8) is 0 Å². The van der Waals surface area contributed by atoms with Crippen LogP contribution in [0.2, 0.25) is 0 Å². The van der Waals surface area contributed by atoms with E-state index in [1.807, 2.05) is 0 Å². The van der Waals surface area contributed by atoms with Crippen molar-refractivity contribution in [1.82, 2.24) is 15.1 Å². The number of anilines is 1. The van der Waals surface area contributed by atoms with Crippen LogP contribution in [0.4, 0.5) is 23.7 Å². The maximum atomic E-state index is 13.6. The third-order valence-electron chi connectivity index (χ3n) is 4.15. The molecular weight excluding hydrogens is 321 g/mol. The number of rotatable bonds is 3. The molecule has 0 saturated carbocycles. The largest absolute Gasteiger partial charge is 0.322 e. The molecule has 0 radical (unpaired) electrons. The Morgan fingerprint density at radius 1 is 1.25 bits per heavy atom. The van der Waals surface area contributed by atoms with Gasteiger partial charge in [0.15, 0.2) is 17.5 Å². The van der Waals surface area contributed by atoms with Crippen LogP contribution < -0.4 is 5.32 Å². The van der Waals surface area contributed by atoms with Gasteiger partial charge in [0.2, 0.25) is 0 Å². The number of fused-ring (bicyclic) bond motifs is 1. The fourth-order valence-electron chi connectivity index (χ4n) is 2.81. The first-order chi connectivity index (χ1) is 11.5. The van der Waals surface area contributed by atoms with E-state index in [0.717, 1.165) is 54.8 Å². The number of nitrogens with one attached hydrogen (secondary N) is 2. The molecule has 0 unspecified atom stereocenters. The van der Waals surface area contributed by atoms with E-state index in [1.165, 1.54) is 11.9 Å². The van der Waals surface area contributed by atoms with Crippen molar-refractivity contribution in [2.45, 2.75) is 32.2 Å². The Morgan fingerprint density at radius 3 is 2.79 bits per heavy atom. The number of amides is 2. The Hall–Kier alpha value is -2.51. The summed E-state index contributed by atoms with van der Waals surface area (Å²) in [6.07, 6.45) is 4.04. The van der Waals surface area contributed by atoms with Crippen LogP contribution in [0.1, 0.15) is 29.8 Å². The van der Waals surface area contributed by atoms with Gasteiger partial charge in [-0.05, 0) is 43.4 Å². The van der Waals surface area contributed by atoms with Crippen molar-refractivity contribution in [2.24, 2.45) is 0 Å². The molecule has 0 atom stereocenters. The van der Waals surface area contributed by atoms with E-state index in [0.29, 0.717) is 0 Å². The van der Waals surface area contributed by atoms with Crippen molar-refractivity contribution in [1.29, 1.82) is 0 Å². The molecule has 5 nitrogen and oxygen atoms in total. The lowest BCUT2D eigenvalue weighted by molar-refractivity contribution is 0.220. The van der Waals surface area contributed by atoms with Crippen LogP contribution in [0, 0.1) is 17.5 Å². The molecule has 8 heteroatoms. The average molecular weight is 338 g/mol. The number of halogens is 3. The minimum absolute atomic E-state index is 0.239. The lowest BCUT2D eigenvalue weighted by Gasteiger charge is -2.19. The first-order valence-electron chi connectivity index (χ1n) is 7.68. The number of urea groups is 1. The Morgan fingerprint density at radius 2 is 2.00 bits per heavy atom. The summed E-state index contributed by atoms with van der Waals surface area (Å²) in [6.45, 7) is 0.239. The molecule has 1 aromatic heterocycles. The second kappa shape index (κ2) is 6.54. The molecule has 3 rings (SSSR count). The number of aryl methyl sites for hydroxylation is 1. The van der Waals surface area contributed by atoms with Crippen LogP contribution in [0.25, 0.3) is 0 Å². The van der Waals surface area contributed by atoms with Crippen LogP contribution in [-0.4, -0.2) is 28.2 Å². The van der Waals surface area contributed by atoms with Gasteiger partial charge in [-0.25, -0.2) is 18.0 Å². The fourth-order valence-corrected chi connectivity index (χ4v) is 2.81. The second-order valence-electron chi connectivity index (χ2n) is 5.84. The van der Waals surface area contributed by atoms with E-state index in [-0.39, 0.29) is 6.54 Å². The van der Waals surface area contributed by atoms with Crippen molar-refractivity contribution in [3.8, 4) is 0 Å². The van der Waals surface area contributed by atoms with Gasteiger partial charge in [-0.3, -0.25) is 5.10 Å². The van der Waals surface area contributed by atoms with Gasteiger partial charge in [0.25, 0.3) is 0 Å². The van der Waals surface area contributed by atoms with Gasteiger partial charge in [-0.1, -0.05) is 0 Å². The van der Waals surface area contributed by atoms with Gasteiger partial charge in [-0.2, -0.15) is 5.10 Å². The van der Waals surface area contributed by atoms with Gasteiger partial charge < -0.3 is 10.2 Å². The molecule has 1 aliphatic carbocycles. The molecular formula is C16H17F3N4O. The molecule has 0 fully saturated rings. The fraction of sp³-hybridized carbons (Fsp3) is 0.375. The molecule has 0 aliphatic heterocycles. The molecule has 1 heterocycles. The average Bonchev–Trinajstić information content (AvgIpc) is 2.98. The number of aromatic nitrogens is 2. The summed E-state index contributed by atoms with van der Waals surface area (Å²) in [7, 11) is 1.52. The van der Waals surface area contributed by atoms with E-state index in [2.05, 4.69) is 15.5 Å². The van der Waals surface area contributed by atoms with Crippen LogP contribution >= 0.6 is 0 Å². The number of benzene rings is 1. The summed E-state index contributed by atoms with van der Waals surface area (Å²) in [5.74, 6) is -4.34. The van der Waals surface area contributed by atoms with Crippen molar-refractivity contribution >= 4 is 11.7 Å². The Bertz CT molecular complexity index is 775. The smallest absolute Gasteiger partial charge is 0.322 e. The number of H-pyrrole nitrogens is 1. The Kier molecular flexibility index (Phi) is 4.46. The van der Waals surface area contributed by atoms with Crippen LogP contribution in [0.3, 0.4) is 0 Å². The van der Waals surface area contributed by atoms with Gasteiger partial charge >= 0.3 is 6.03 Å². The summed E-state index contributed by atoms with van der Waals surface area (Å²) in [5, 5.41) is 9.46. The highest BCUT2D eigenvalue weighted by Crippen LogP contribution is 2.23. The third kappa shape index (κ3) is 3.08. The van der Waals surface area contributed by atoms with Crippen molar-refractivity contribution < 1.29 is 18.0 Å². The normalized spacial score (nSPS) is 13.5. The monoisotopic (exact) mass is 338 g/mol. The molecule has 0 saturated heterocycles. The molecule has 128 valence electrons. The number of carbonyl (C=O) groups is 1. The highest BCUT2D eigenvalue weighted by atomic mass is 19.2. The number of hydrogen-bond acceptors (Lipinski definition) is 2. The Balaban J connectivity index is 1.69. The topological polar surface area (TPSA) is 61.0 Å². The molecule has 1 aromatic carbocycles. The summed E-state index contributed by atoms with van der Waals surface area (Å²) < 4.78 is 39.7. The predicted octanol–water partition coefficient (Wildman–Crippen LogP) is 3.37. The number of aromatic amines is 1. The van der Waals surface area contributed by atoms with Crippen LogP contribution in [0.5, 0.6) is 0 Å². The second-order valence-corrected chi connectivity index (χ2v) is 5.84. The predicted molar refractivity (Wildman–Crippen MR) is 82.0 cm³/mol. The molecule has 0 spiro atoms. The molecule has 2 amide bonds. The lowest BCUT2D eigenvalue weighted by Crippen LogP contribution is -2.31. The molecule has 24 heavy (non-hydrogen) atoms. The van der Waals surface area contributed by atoms with Gasteiger partial charge in [0, 0.05) is 12.7 Å². The van der Waals surface area contributed by atoms with E-state index >= 15 is 0 Å². The lowest BCUT2D eigenvalue weighted by atomic mass is 9.96. The molecule has 0 bridgehead atoms. The number of carbonyl (C=O) groups excluding carboxylic acids is 1. The molecule has 1 aliphatic rings. The van der Waals surface area contributed by atoms with Crippen molar-refractivity contribution in [2.75, 3.05) is 12.4 Å². The highest BCUT2D eigenvalue weighted by molar-refractivity contribution is 5.89. The van der Waals surface area contributed by atoms with E-state index < -0.39 is 29.2 Å². The minimum atomic E-state index is -1.61. The first kappa shape index (κ1) is 16.4. The summed E-state index contributed by atoms with van der Waals surface area (Å²) in [4.78, 5) is 13.5. The third-order valence-corrected chi connectivity index (χ3v) is 4.15. The van der Waals surface area contributed by atoms with E-state index in [9.17, 15) is 18.0 Å². The zero-order chi connectivity index (χ0) is 17.3. The summed E-state index contributed by atoms with van der Waals surface area (Å²) in [6, 6.07) is 1.11. The summed E-state index contributed by atoms with van der Waals surface area (Å²) >= 11 is 0. The van der Waals surface area contributed by atoms with E-state index in [1.54, 1.807) is 0 Å². The maximum Gasteiger partial charge on any atom is 0.322 e. The zero-order valence-corrected chi connectivity index (χ0v) is 13.1. The molecule has 2 aromatic rings. The SMILES string of the molecule is CN(Cc1n[nH]c2c1CCCC2)C(=O)Nc1ccc(F)c(F)c1F. The molecule has 2 N–H and O–H groups in total. The quantitative estimate of drug-likeness (QED) is 0.843. The van der Waals surface area contributed by atoms with Crippen molar-refractivity contribution in [3.05, 3.63) is 46.5 Å². The standard InChI is InChI=1S/C16H17F3N4O/c1-23(8-13-9-4-2-3-5-11(9)21-22-13)16(24)20-12-7-6-10(17)14(18)15(12)19/h6-7H,2-5,8H2,1H3,(H,20,24)(H,21,22). The van der Waals surface area contributed by atoms with Gasteiger partial charge in [0.05, 0.1) is 17.9 Å². The zero-order valence-electron chi connectivity index (χ0n) is 13.1. The van der Waals surface area contributed by atoms with Gasteiger partial charge in [-0.15, -0.1) is 0 Å². The van der Waals surface area contributed by atoms with E-state index in [4.69, 9.17) is 0 Å². The number of hydrogen-bond donors (Lipinski definition) is 2. The minimum Gasteiger partial charge on any atom is -0.322 e. The van der Waals surface area contributed by atoms with Crippen LogP contribution in [0.15, 0.2) is 12.1 Å². The highest BCUT2D eigenvalue weighted by Gasteiger charge is 2.21.